The highest BCUT2D eigenvalue weighted by molar-refractivity contribution is 7.89. The molecular formula is C20H24N2O3S. The van der Waals surface area contributed by atoms with Gasteiger partial charge in [0.2, 0.25) is 5.91 Å². The molecule has 0 aromatic heterocycles. The Balaban J connectivity index is 1.62. The van der Waals surface area contributed by atoms with Crippen molar-refractivity contribution in [2.24, 2.45) is 0 Å². The summed E-state index contributed by atoms with van der Waals surface area (Å²) in [7, 11) is -3.13. The number of amides is 1. The van der Waals surface area contributed by atoms with Gasteiger partial charge in [-0.15, -0.1) is 0 Å². The maximum Gasteiger partial charge on any atom is 0.239 e. The second-order valence-corrected chi connectivity index (χ2v) is 8.93. The van der Waals surface area contributed by atoms with Crippen LogP contribution in [0.5, 0.6) is 0 Å². The van der Waals surface area contributed by atoms with Crippen molar-refractivity contribution in [1.82, 2.24) is 5.32 Å². The lowest BCUT2D eigenvalue weighted by molar-refractivity contribution is -0.120. The summed E-state index contributed by atoms with van der Waals surface area (Å²) in [5.41, 5.74) is 3.85. The number of hydrogen-bond acceptors (Lipinski definition) is 4. The third-order valence-electron chi connectivity index (χ3n) is 4.58. The quantitative estimate of drug-likeness (QED) is 0.818. The van der Waals surface area contributed by atoms with E-state index in [4.69, 9.17) is 0 Å². The van der Waals surface area contributed by atoms with Crippen molar-refractivity contribution >= 4 is 21.4 Å². The first-order chi connectivity index (χ1) is 12.4. The van der Waals surface area contributed by atoms with Gasteiger partial charge in [-0.3, -0.25) is 4.79 Å². The summed E-state index contributed by atoms with van der Waals surface area (Å²) in [5, 5.41) is 6.17. The highest BCUT2D eigenvalue weighted by Gasteiger charge is 2.21. The smallest absolute Gasteiger partial charge is 0.239 e. The summed E-state index contributed by atoms with van der Waals surface area (Å²) >= 11 is 0. The van der Waals surface area contributed by atoms with Gasteiger partial charge in [-0.1, -0.05) is 42.5 Å². The Labute approximate surface area is 154 Å². The minimum absolute atomic E-state index is 0.0421. The first-order valence-electron chi connectivity index (χ1n) is 8.79. The van der Waals surface area contributed by atoms with Crippen molar-refractivity contribution in [2.45, 2.75) is 31.1 Å². The number of sulfone groups is 1. The zero-order valence-corrected chi connectivity index (χ0v) is 15.7. The Morgan fingerprint density at radius 2 is 1.85 bits per heavy atom. The molecule has 1 amide bonds. The van der Waals surface area contributed by atoms with Gasteiger partial charge in [0.25, 0.3) is 0 Å². The third-order valence-corrected chi connectivity index (χ3v) is 5.41. The van der Waals surface area contributed by atoms with E-state index in [-0.39, 0.29) is 24.2 Å². The fourth-order valence-corrected chi connectivity index (χ4v) is 4.24. The van der Waals surface area contributed by atoms with Gasteiger partial charge in [-0.25, -0.2) is 8.42 Å². The molecule has 0 aliphatic heterocycles. The van der Waals surface area contributed by atoms with Crippen LogP contribution in [0.15, 0.2) is 48.5 Å². The molecule has 6 heteroatoms. The molecule has 0 fully saturated rings. The third kappa shape index (κ3) is 4.85. The summed E-state index contributed by atoms with van der Waals surface area (Å²) < 4.78 is 23.1. The van der Waals surface area contributed by atoms with Gasteiger partial charge >= 0.3 is 0 Å². The first-order valence-corrected chi connectivity index (χ1v) is 10.8. The molecule has 2 aromatic carbocycles. The lowest BCUT2D eigenvalue weighted by Crippen LogP contribution is -2.35. The Morgan fingerprint density at radius 3 is 2.65 bits per heavy atom. The largest absolute Gasteiger partial charge is 0.376 e. The predicted octanol–water partition coefficient (Wildman–Crippen LogP) is 2.84. The number of benzene rings is 2. The van der Waals surface area contributed by atoms with E-state index in [9.17, 15) is 13.2 Å². The van der Waals surface area contributed by atoms with E-state index < -0.39 is 9.84 Å². The van der Waals surface area contributed by atoms with Crippen LogP contribution in [0.3, 0.4) is 0 Å². The van der Waals surface area contributed by atoms with E-state index in [0.717, 1.165) is 19.3 Å². The molecule has 138 valence electrons. The second-order valence-electron chi connectivity index (χ2n) is 6.79. The highest BCUT2D eigenvalue weighted by atomic mass is 32.2. The molecule has 0 bridgehead atoms. The van der Waals surface area contributed by atoms with E-state index in [1.807, 2.05) is 18.2 Å². The predicted molar refractivity (Wildman–Crippen MR) is 104 cm³/mol. The molecule has 0 unspecified atom stereocenters. The molecule has 1 aliphatic rings. The van der Waals surface area contributed by atoms with Gasteiger partial charge in [0.05, 0.1) is 18.3 Å². The number of hydrogen-bond donors (Lipinski definition) is 2. The second kappa shape index (κ2) is 7.91. The van der Waals surface area contributed by atoms with Crippen molar-refractivity contribution in [1.29, 1.82) is 0 Å². The molecule has 0 radical (unpaired) electrons. The zero-order chi connectivity index (χ0) is 18.6. The van der Waals surface area contributed by atoms with E-state index in [1.54, 1.807) is 18.2 Å². The first kappa shape index (κ1) is 18.5. The summed E-state index contributed by atoms with van der Waals surface area (Å²) in [5.74, 6) is -0.144. The minimum atomic E-state index is -3.13. The Kier molecular flexibility index (Phi) is 5.61. The summed E-state index contributed by atoms with van der Waals surface area (Å²) in [6, 6.07) is 15.4. The molecule has 0 heterocycles. The van der Waals surface area contributed by atoms with Crippen molar-refractivity contribution in [3.05, 3.63) is 65.2 Å². The molecule has 5 nitrogen and oxygen atoms in total. The topological polar surface area (TPSA) is 75.3 Å². The number of carbonyl (C=O) groups is 1. The van der Waals surface area contributed by atoms with Crippen molar-refractivity contribution < 1.29 is 13.2 Å². The molecule has 2 N–H and O–H groups in total. The number of para-hydroxylation sites is 1. The van der Waals surface area contributed by atoms with E-state index in [2.05, 4.69) is 22.8 Å². The molecule has 0 saturated heterocycles. The van der Waals surface area contributed by atoms with Crippen LogP contribution in [0.1, 0.15) is 35.6 Å². The van der Waals surface area contributed by atoms with Gasteiger partial charge in [0, 0.05) is 11.9 Å². The average Bonchev–Trinajstić information content (AvgIpc) is 2.60. The van der Waals surface area contributed by atoms with Crippen LogP contribution < -0.4 is 10.6 Å². The summed E-state index contributed by atoms with van der Waals surface area (Å²) in [6.07, 6.45) is 4.26. The number of rotatable bonds is 6. The maximum absolute atomic E-state index is 12.4. The molecule has 3 rings (SSSR count). The molecule has 1 aliphatic carbocycles. The van der Waals surface area contributed by atoms with Crippen molar-refractivity contribution in [3.63, 3.8) is 0 Å². The van der Waals surface area contributed by atoms with Gasteiger partial charge in [0.1, 0.15) is 0 Å². The van der Waals surface area contributed by atoms with Crippen molar-refractivity contribution in [2.75, 3.05) is 18.1 Å². The Bertz CT molecular complexity index is 893. The van der Waals surface area contributed by atoms with Gasteiger partial charge in [-0.05, 0) is 42.0 Å². The number of nitrogens with one attached hydrogen (secondary N) is 2. The number of fused-ring (bicyclic) bond motifs is 1. The van der Waals surface area contributed by atoms with Crippen LogP contribution >= 0.6 is 0 Å². The normalized spacial score (nSPS) is 16.6. The van der Waals surface area contributed by atoms with Crippen LogP contribution in [0.4, 0.5) is 5.69 Å². The monoisotopic (exact) mass is 372 g/mol. The van der Waals surface area contributed by atoms with E-state index >= 15 is 0 Å². The molecule has 26 heavy (non-hydrogen) atoms. The van der Waals surface area contributed by atoms with Gasteiger partial charge < -0.3 is 10.6 Å². The van der Waals surface area contributed by atoms with Crippen LogP contribution in [0.2, 0.25) is 0 Å². The average molecular weight is 372 g/mol. The van der Waals surface area contributed by atoms with Crippen LogP contribution in [0, 0.1) is 0 Å². The minimum Gasteiger partial charge on any atom is -0.376 e. The lowest BCUT2D eigenvalue weighted by atomic mass is 9.88. The fourth-order valence-electron chi connectivity index (χ4n) is 3.43. The van der Waals surface area contributed by atoms with Crippen LogP contribution in [0.25, 0.3) is 0 Å². The molecule has 0 spiro atoms. The van der Waals surface area contributed by atoms with E-state index in [0.29, 0.717) is 11.3 Å². The van der Waals surface area contributed by atoms with Crippen LogP contribution in [-0.4, -0.2) is 27.1 Å². The molecular weight excluding hydrogens is 348 g/mol. The highest BCUT2D eigenvalue weighted by Crippen LogP contribution is 2.29. The van der Waals surface area contributed by atoms with Crippen molar-refractivity contribution in [3.8, 4) is 0 Å². The molecule has 0 saturated carbocycles. The Morgan fingerprint density at radius 1 is 1.12 bits per heavy atom. The van der Waals surface area contributed by atoms with E-state index in [1.165, 1.54) is 17.4 Å². The summed E-state index contributed by atoms with van der Waals surface area (Å²) in [6.45, 7) is 0.111. The SMILES string of the molecule is CS(=O)(=O)Cc1ccccc1NCC(=O)N[C@@H]1CCCc2ccccc21. The maximum atomic E-state index is 12.4. The zero-order valence-electron chi connectivity index (χ0n) is 14.9. The lowest BCUT2D eigenvalue weighted by Gasteiger charge is -2.26. The Hall–Kier alpha value is -2.34. The number of aryl methyl sites for hydroxylation is 1. The molecule has 2 aromatic rings. The fraction of sp³-hybridized carbons (Fsp3) is 0.350. The van der Waals surface area contributed by atoms with Gasteiger partial charge in [-0.2, -0.15) is 0 Å². The number of anilines is 1. The standard InChI is InChI=1S/C20H24N2O3S/c1-26(24,25)14-16-8-3-5-11-18(16)21-13-20(23)22-19-12-6-9-15-7-2-4-10-17(15)19/h2-5,7-8,10-11,19,21H,6,9,12-14H2,1H3,(H,22,23)/t19-/m1/s1. The molecule has 1 atom stereocenters. The van der Waals surface area contributed by atoms with Gasteiger partial charge in [0.15, 0.2) is 9.84 Å². The number of carbonyl (C=O) groups excluding carboxylic acids is 1. The van der Waals surface area contributed by atoms with Crippen LogP contribution in [-0.2, 0) is 26.8 Å². The summed E-state index contributed by atoms with van der Waals surface area (Å²) in [4.78, 5) is 12.4.